The average molecular weight is 387 g/mol. The highest BCUT2D eigenvalue weighted by atomic mass is 32.2. The molecule has 0 unspecified atom stereocenters. The van der Waals surface area contributed by atoms with Gasteiger partial charge in [0.15, 0.2) is 10.8 Å². The molecular formula is C17H17N5O4S. The van der Waals surface area contributed by atoms with E-state index in [-0.39, 0.29) is 17.5 Å². The molecule has 3 aromatic rings. The fraction of sp³-hybridized carbons (Fsp3) is 0.235. The van der Waals surface area contributed by atoms with E-state index in [0.717, 1.165) is 0 Å². The molecule has 27 heavy (non-hydrogen) atoms. The Hall–Kier alpha value is -3.14. The fourth-order valence-corrected chi connectivity index (χ4v) is 2.74. The number of benzene rings is 1. The first-order chi connectivity index (χ1) is 13.0. The van der Waals surface area contributed by atoms with Crippen LogP contribution in [0, 0.1) is 0 Å². The monoisotopic (exact) mass is 387 g/mol. The first kappa shape index (κ1) is 18.6. The standard InChI is InChI=1S/C17H17N5O4S/c1-25-10-4-5-13(26-2)12(6-10)20-14(23)8-22-9-19-15-11(16(22)24)7-18-17(21-15)27-3/h4-7,9H,8H2,1-3H3,(H,20,23). The minimum Gasteiger partial charge on any atom is -0.497 e. The van der Waals surface area contributed by atoms with Gasteiger partial charge in [-0.05, 0) is 18.4 Å². The molecule has 0 fully saturated rings. The van der Waals surface area contributed by atoms with Crippen molar-refractivity contribution in [1.82, 2.24) is 19.5 Å². The lowest BCUT2D eigenvalue weighted by Crippen LogP contribution is -2.28. The third-order valence-electron chi connectivity index (χ3n) is 3.73. The predicted molar refractivity (Wildman–Crippen MR) is 102 cm³/mol. The Morgan fingerprint density at radius 2 is 2.07 bits per heavy atom. The molecule has 0 saturated heterocycles. The van der Waals surface area contributed by atoms with Crippen LogP contribution in [-0.4, -0.2) is 45.9 Å². The molecule has 0 radical (unpaired) electrons. The number of nitrogens with one attached hydrogen (secondary N) is 1. The zero-order valence-electron chi connectivity index (χ0n) is 14.9. The van der Waals surface area contributed by atoms with Crippen LogP contribution in [0.15, 0.2) is 40.7 Å². The molecule has 10 heteroatoms. The maximum absolute atomic E-state index is 12.6. The van der Waals surface area contributed by atoms with E-state index in [2.05, 4.69) is 20.3 Å². The molecule has 0 bridgehead atoms. The van der Waals surface area contributed by atoms with Crippen LogP contribution >= 0.6 is 11.8 Å². The van der Waals surface area contributed by atoms with E-state index in [1.165, 1.54) is 43.1 Å². The predicted octanol–water partition coefficient (Wildman–Crippen LogP) is 1.56. The lowest BCUT2D eigenvalue weighted by Gasteiger charge is -2.12. The van der Waals surface area contributed by atoms with Gasteiger partial charge in [0.1, 0.15) is 29.8 Å². The number of methoxy groups -OCH3 is 2. The van der Waals surface area contributed by atoms with Crippen molar-refractivity contribution < 1.29 is 14.3 Å². The van der Waals surface area contributed by atoms with Crippen molar-refractivity contribution >= 4 is 34.4 Å². The quantitative estimate of drug-likeness (QED) is 0.501. The third kappa shape index (κ3) is 4.00. The molecule has 3 rings (SSSR count). The highest BCUT2D eigenvalue weighted by Gasteiger charge is 2.13. The Morgan fingerprint density at radius 3 is 2.78 bits per heavy atom. The number of carbonyl (C=O) groups is 1. The molecule has 0 aliphatic carbocycles. The summed E-state index contributed by atoms with van der Waals surface area (Å²) in [7, 11) is 3.02. The number of amides is 1. The zero-order chi connectivity index (χ0) is 19.4. The highest BCUT2D eigenvalue weighted by molar-refractivity contribution is 7.98. The van der Waals surface area contributed by atoms with Crippen molar-refractivity contribution in [3.05, 3.63) is 41.1 Å². The number of anilines is 1. The average Bonchev–Trinajstić information content (AvgIpc) is 2.69. The summed E-state index contributed by atoms with van der Waals surface area (Å²) in [4.78, 5) is 37.4. The van der Waals surface area contributed by atoms with E-state index in [1.54, 1.807) is 18.2 Å². The molecule has 2 aromatic heterocycles. The number of aromatic nitrogens is 4. The first-order valence-corrected chi connectivity index (χ1v) is 9.06. The van der Waals surface area contributed by atoms with Crippen molar-refractivity contribution in [2.24, 2.45) is 0 Å². The van der Waals surface area contributed by atoms with E-state index in [1.807, 2.05) is 6.26 Å². The number of thioether (sulfide) groups is 1. The van der Waals surface area contributed by atoms with Gasteiger partial charge in [-0.25, -0.2) is 15.0 Å². The van der Waals surface area contributed by atoms with Crippen LogP contribution in [0.5, 0.6) is 11.5 Å². The van der Waals surface area contributed by atoms with Crippen LogP contribution in [0.3, 0.4) is 0 Å². The van der Waals surface area contributed by atoms with Crippen LogP contribution < -0.4 is 20.3 Å². The second-order valence-electron chi connectivity index (χ2n) is 5.39. The fourth-order valence-electron chi connectivity index (χ4n) is 2.41. The summed E-state index contributed by atoms with van der Waals surface area (Å²) in [5.41, 5.74) is 0.350. The number of carbonyl (C=O) groups excluding carboxylic acids is 1. The van der Waals surface area contributed by atoms with E-state index in [9.17, 15) is 9.59 Å². The third-order valence-corrected chi connectivity index (χ3v) is 4.30. The van der Waals surface area contributed by atoms with E-state index in [4.69, 9.17) is 9.47 Å². The summed E-state index contributed by atoms with van der Waals surface area (Å²) in [5, 5.41) is 3.49. The summed E-state index contributed by atoms with van der Waals surface area (Å²) in [6, 6.07) is 5.03. The highest BCUT2D eigenvalue weighted by Crippen LogP contribution is 2.28. The van der Waals surface area contributed by atoms with Crippen LogP contribution in [0.4, 0.5) is 5.69 Å². The SMILES string of the molecule is COc1ccc(OC)c(NC(=O)Cn2cnc3nc(SC)ncc3c2=O)c1. The molecular weight excluding hydrogens is 370 g/mol. The number of fused-ring (bicyclic) bond motifs is 1. The van der Waals surface area contributed by atoms with Gasteiger partial charge in [-0.2, -0.15) is 0 Å². The van der Waals surface area contributed by atoms with E-state index >= 15 is 0 Å². The molecule has 0 spiro atoms. The number of ether oxygens (including phenoxy) is 2. The summed E-state index contributed by atoms with van der Waals surface area (Å²) >= 11 is 1.35. The van der Waals surface area contributed by atoms with Gasteiger partial charge in [0.05, 0.1) is 19.9 Å². The van der Waals surface area contributed by atoms with Crippen molar-refractivity contribution in [3.63, 3.8) is 0 Å². The summed E-state index contributed by atoms with van der Waals surface area (Å²) in [5.74, 6) is 0.634. The van der Waals surface area contributed by atoms with Crippen LogP contribution in [0.1, 0.15) is 0 Å². The van der Waals surface area contributed by atoms with Gasteiger partial charge in [0.25, 0.3) is 5.56 Å². The molecule has 0 atom stereocenters. The van der Waals surface area contributed by atoms with Gasteiger partial charge in [-0.1, -0.05) is 11.8 Å². The minimum atomic E-state index is -0.411. The molecule has 2 heterocycles. The maximum atomic E-state index is 12.6. The van der Waals surface area contributed by atoms with Gasteiger partial charge in [-0.15, -0.1) is 0 Å². The Morgan fingerprint density at radius 1 is 1.26 bits per heavy atom. The van der Waals surface area contributed by atoms with Crippen LogP contribution in [-0.2, 0) is 11.3 Å². The van der Waals surface area contributed by atoms with Gasteiger partial charge in [0.2, 0.25) is 5.91 Å². The lowest BCUT2D eigenvalue weighted by atomic mass is 10.2. The topological polar surface area (TPSA) is 108 Å². The zero-order valence-corrected chi connectivity index (χ0v) is 15.7. The summed E-state index contributed by atoms with van der Waals surface area (Å²) in [6.45, 7) is -0.216. The smallest absolute Gasteiger partial charge is 0.264 e. The minimum absolute atomic E-state index is 0.216. The molecule has 1 amide bonds. The Labute approximate surface area is 158 Å². The normalized spacial score (nSPS) is 10.6. The van der Waals surface area contributed by atoms with E-state index in [0.29, 0.717) is 28.0 Å². The van der Waals surface area contributed by atoms with Gasteiger partial charge < -0.3 is 14.8 Å². The number of hydrogen-bond donors (Lipinski definition) is 1. The second-order valence-corrected chi connectivity index (χ2v) is 6.16. The van der Waals surface area contributed by atoms with Crippen molar-refractivity contribution in [3.8, 4) is 11.5 Å². The second kappa shape index (κ2) is 8.04. The van der Waals surface area contributed by atoms with Gasteiger partial charge in [0, 0.05) is 12.3 Å². The Balaban J connectivity index is 1.84. The molecule has 0 saturated carbocycles. The molecule has 0 aliphatic rings. The van der Waals surface area contributed by atoms with Crippen LogP contribution in [0.2, 0.25) is 0 Å². The largest absolute Gasteiger partial charge is 0.497 e. The van der Waals surface area contributed by atoms with Crippen LogP contribution in [0.25, 0.3) is 11.0 Å². The van der Waals surface area contributed by atoms with E-state index < -0.39 is 5.91 Å². The molecule has 0 aliphatic heterocycles. The number of rotatable bonds is 6. The molecule has 9 nitrogen and oxygen atoms in total. The van der Waals surface area contributed by atoms with Gasteiger partial charge >= 0.3 is 0 Å². The van der Waals surface area contributed by atoms with Crippen molar-refractivity contribution in [2.45, 2.75) is 11.7 Å². The summed E-state index contributed by atoms with van der Waals surface area (Å²) < 4.78 is 11.6. The maximum Gasteiger partial charge on any atom is 0.264 e. The molecule has 1 aromatic carbocycles. The Kier molecular flexibility index (Phi) is 5.55. The number of nitrogens with zero attached hydrogens (tertiary/aromatic N) is 4. The summed E-state index contributed by atoms with van der Waals surface area (Å²) in [6.07, 6.45) is 4.55. The number of hydrogen-bond acceptors (Lipinski definition) is 8. The van der Waals surface area contributed by atoms with Crippen molar-refractivity contribution in [1.29, 1.82) is 0 Å². The molecule has 1 N–H and O–H groups in total. The molecule has 140 valence electrons. The van der Waals surface area contributed by atoms with Crippen molar-refractivity contribution in [2.75, 3.05) is 25.8 Å². The van der Waals surface area contributed by atoms with Gasteiger partial charge in [-0.3, -0.25) is 14.2 Å². The lowest BCUT2D eigenvalue weighted by molar-refractivity contribution is -0.116. The Bertz CT molecular complexity index is 1050. The first-order valence-electron chi connectivity index (χ1n) is 7.83.